The minimum absolute atomic E-state index is 0.0298. The first-order chi connectivity index (χ1) is 15.0. The average Bonchev–Trinajstić information content (AvgIpc) is 3.31. The van der Waals surface area contributed by atoms with Gasteiger partial charge in [0.15, 0.2) is 0 Å². The van der Waals surface area contributed by atoms with Gasteiger partial charge >= 0.3 is 0 Å². The van der Waals surface area contributed by atoms with Crippen LogP contribution in [0.5, 0.6) is 0 Å². The molecule has 0 aliphatic heterocycles. The number of aliphatic hydroxyl groups excluding tert-OH is 1. The first kappa shape index (κ1) is 23.2. The van der Waals surface area contributed by atoms with Gasteiger partial charge in [0.2, 0.25) is 0 Å². The average molecular weight is 439 g/mol. The van der Waals surface area contributed by atoms with E-state index in [1.54, 1.807) is 0 Å². The highest BCUT2D eigenvalue weighted by Crippen LogP contribution is 2.83. The maximum Gasteiger partial charge on any atom is 0.0546 e. The molecule has 1 N–H and O–H groups in total. The van der Waals surface area contributed by atoms with Crippen molar-refractivity contribution in [1.82, 2.24) is 0 Å². The second-order valence-corrected chi connectivity index (χ2v) is 14.1. The molecule has 1 heteroatoms. The Kier molecular flexibility index (Phi) is 5.41. The van der Waals surface area contributed by atoms with Gasteiger partial charge in [-0.2, -0.15) is 0 Å². The summed E-state index contributed by atoms with van der Waals surface area (Å²) in [7, 11) is 0. The van der Waals surface area contributed by atoms with Gasteiger partial charge in [0, 0.05) is 0 Å². The summed E-state index contributed by atoms with van der Waals surface area (Å²) in [5.41, 5.74) is 5.17. The van der Waals surface area contributed by atoms with Crippen LogP contribution in [0.25, 0.3) is 0 Å². The fourth-order valence-corrected chi connectivity index (χ4v) is 10.5. The van der Waals surface area contributed by atoms with E-state index in [0.717, 1.165) is 30.6 Å². The fraction of sp³-hybridized carbons (Fsp3) is 0.871. The topological polar surface area (TPSA) is 20.2 Å². The number of allylic oxidation sites excluding steroid dienone is 3. The second-order valence-electron chi connectivity index (χ2n) is 14.1. The lowest BCUT2D eigenvalue weighted by Gasteiger charge is -2.58. The monoisotopic (exact) mass is 438 g/mol. The molecule has 9 atom stereocenters. The van der Waals surface area contributed by atoms with Crippen molar-refractivity contribution in [2.24, 2.45) is 51.2 Å². The highest BCUT2D eigenvalue weighted by molar-refractivity contribution is 5.41. The lowest BCUT2D eigenvalue weighted by Crippen LogP contribution is -2.50. The predicted octanol–water partition coefficient (Wildman–Crippen LogP) is 8.34. The van der Waals surface area contributed by atoms with Crippen molar-refractivity contribution in [2.45, 2.75) is 118 Å². The molecule has 180 valence electrons. The molecule has 5 aliphatic carbocycles. The molecule has 0 heterocycles. The van der Waals surface area contributed by atoms with Crippen molar-refractivity contribution >= 4 is 0 Å². The molecule has 0 aromatic heterocycles. The minimum atomic E-state index is -0.0298. The zero-order valence-electron chi connectivity index (χ0n) is 22.0. The highest BCUT2D eigenvalue weighted by atomic mass is 16.3. The highest BCUT2D eigenvalue weighted by Gasteiger charge is 2.75. The van der Waals surface area contributed by atoms with E-state index >= 15 is 0 Å². The molecule has 0 aromatic carbocycles. The Labute approximate surface area is 198 Å². The van der Waals surface area contributed by atoms with Crippen LogP contribution < -0.4 is 0 Å². The third kappa shape index (κ3) is 2.98. The number of aliphatic hydroxyl groups is 1. The Balaban J connectivity index is 1.36. The van der Waals surface area contributed by atoms with Gasteiger partial charge < -0.3 is 5.11 Å². The van der Waals surface area contributed by atoms with Gasteiger partial charge in [-0.3, -0.25) is 0 Å². The van der Waals surface area contributed by atoms with Gasteiger partial charge in [0.25, 0.3) is 0 Å². The van der Waals surface area contributed by atoms with E-state index < -0.39 is 0 Å². The lowest BCUT2D eigenvalue weighted by molar-refractivity contribution is -0.0342. The molecule has 4 fully saturated rings. The van der Waals surface area contributed by atoms with Crippen LogP contribution in [-0.2, 0) is 0 Å². The first-order valence-electron chi connectivity index (χ1n) is 14.0. The Hall–Kier alpha value is -0.560. The van der Waals surface area contributed by atoms with Crippen molar-refractivity contribution in [3.63, 3.8) is 0 Å². The quantitative estimate of drug-likeness (QED) is 0.413. The molecule has 4 saturated carbocycles. The first-order valence-corrected chi connectivity index (χ1v) is 14.0. The molecule has 0 amide bonds. The summed E-state index contributed by atoms with van der Waals surface area (Å²) in [4.78, 5) is 0. The normalized spacial score (nSPS) is 48.8. The van der Waals surface area contributed by atoms with Crippen LogP contribution >= 0.6 is 0 Å². The number of hydrogen-bond donors (Lipinski definition) is 1. The molecule has 0 unspecified atom stereocenters. The van der Waals surface area contributed by atoms with Gasteiger partial charge in [0.1, 0.15) is 0 Å². The third-order valence-corrected chi connectivity index (χ3v) is 12.6. The van der Waals surface area contributed by atoms with E-state index in [-0.39, 0.29) is 6.10 Å². The van der Waals surface area contributed by atoms with Gasteiger partial charge in [0.05, 0.1) is 6.10 Å². The van der Waals surface area contributed by atoms with Crippen LogP contribution in [-0.4, -0.2) is 11.2 Å². The Morgan fingerprint density at radius 2 is 1.81 bits per heavy atom. The minimum Gasteiger partial charge on any atom is -0.393 e. The van der Waals surface area contributed by atoms with Crippen molar-refractivity contribution < 1.29 is 5.11 Å². The lowest BCUT2D eigenvalue weighted by atomic mass is 9.47. The molecule has 5 rings (SSSR count). The van der Waals surface area contributed by atoms with E-state index in [1.807, 2.05) is 5.57 Å². The van der Waals surface area contributed by atoms with Crippen molar-refractivity contribution in [3.05, 3.63) is 23.8 Å². The summed E-state index contributed by atoms with van der Waals surface area (Å²) in [6.45, 7) is 19.3. The van der Waals surface area contributed by atoms with Crippen molar-refractivity contribution in [2.75, 3.05) is 0 Å². The second kappa shape index (κ2) is 7.47. The number of fused-ring (bicyclic) bond motifs is 3. The molecule has 0 radical (unpaired) electrons. The summed E-state index contributed by atoms with van der Waals surface area (Å²) >= 11 is 0. The summed E-state index contributed by atoms with van der Waals surface area (Å²) < 4.78 is 0. The van der Waals surface area contributed by atoms with E-state index in [0.29, 0.717) is 33.5 Å². The predicted molar refractivity (Wildman–Crippen MR) is 135 cm³/mol. The molecule has 1 nitrogen and oxygen atoms in total. The SMILES string of the molecule is C=C(C)[C@H](CC[C@@H](C)[C@@H]1CC[C@@]2(C)[C@@H]3CC[C@]45C[C@H](O)CC[C@]4(C5)C3=CC[C@@]12C)C(C)C. The van der Waals surface area contributed by atoms with E-state index in [1.165, 1.54) is 63.4 Å². The fourth-order valence-electron chi connectivity index (χ4n) is 10.5. The number of hydrogen-bond acceptors (Lipinski definition) is 1. The molecule has 0 aromatic rings. The number of rotatable bonds is 6. The maximum absolute atomic E-state index is 10.4. The Bertz CT molecular complexity index is 803. The van der Waals surface area contributed by atoms with Crippen LogP contribution in [0.3, 0.4) is 0 Å². The van der Waals surface area contributed by atoms with E-state index in [9.17, 15) is 5.11 Å². The molecule has 0 bridgehead atoms. The van der Waals surface area contributed by atoms with Crippen LogP contribution in [0.4, 0.5) is 0 Å². The maximum atomic E-state index is 10.4. The smallest absolute Gasteiger partial charge is 0.0546 e. The molecule has 5 aliphatic rings. The molecular formula is C31H50O. The standard InChI is InChI=1S/C31H50O/c1-20(2)24(21(3)4)9-8-22(5)25-11-14-29(7)26-13-16-30-18-23(32)10-17-31(30,19-30)27(26)12-15-28(25,29)6/h12,21-26,32H,1,8-11,13-19H2,2-7H3/t22-,23-,24+,25+,26-,28+,29+,30-,31+/m1/s1. The molecular weight excluding hydrogens is 388 g/mol. The van der Waals surface area contributed by atoms with Gasteiger partial charge in [-0.25, -0.2) is 0 Å². The third-order valence-electron chi connectivity index (χ3n) is 12.6. The Morgan fingerprint density at radius 1 is 1.06 bits per heavy atom. The molecule has 0 spiro atoms. The van der Waals surface area contributed by atoms with Crippen molar-refractivity contribution in [1.29, 1.82) is 0 Å². The summed E-state index contributed by atoms with van der Waals surface area (Å²) in [6, 6.07) is 0. The zero-order chi connectivity index (χ0) is 23.1. The van der Waals surface area contributed by atoms with Crippen LogP contribution in [0.15, 0.2) is 23.8 Å². The van der Waals surface area contributed by atoms with E-state index in [4.69, 9.17) is 0 Å². The van der Waals surface area contributed by atoms with Crippen LogP contribution in [0.1, 0.15) is 112 Å². The summed E-state index contributed by atoms with van der Waals surface area (Å²) in [5, 5.41) is 10.4. The molecule has 32 heavy (non-hydrogen) atoms. The largest absolute Gasteiger partial charge is 0.393 e. The van der Waals surface area contributed by atoms with Gasteiger partial charge in [-0.15, -0.1) is 0 Å². The summed E-state index contributed by atoms with van der Waals surface area (Å²) in [6.07, 6.45) is 17.1. The molecule has 0 saturated heterocycles. The Morgan fingerprint density at radius 3 is 2.50 bits per heavy atom. The van der Waals surface area contributed by atoms with Crippen LogP contribution in [0.2, 0.25) is 0 Å². The summed E-state index contributed by atoms with van der Waals surface area (Å²) in [5.74, 6) is 3.86. The van der Waals surface area contributed by atoms with Crippen molar-refractivity contribution in [3.8, 4) is 0 Å². The zero-order valence-corrected chi connectivity index (χ0v) is 22.0. The van der Waals surface area contributed by atoms with E-state index in [2.05, 4.69) is 54.2 Å². The van der Waals surface area contributed by atoms with Gasteiger partial charge in [-0.1, -0.05) is 58.4 Å². The van der Waals surface area contributed by atoms with Crippen LogP contribution in [0, 0.1) is 51.2 Å². The van der Waals surface area contributed by atoms with Gasteiger partial charge in [-0.05, 0) is 129 Å².